The summed E-state index contributed by atoms with van der Waals surface area (Å²) in [7, 11) is 0. The van der Waals surface area contributed by atoms with Crippen LogP contribution in [0.5, 0.6) is 0 Å². The van der Waals surface area contributed by atoms with E-state index in [9.17, 15) is 14.5 Å². The van der Waals surface area contributed by atoms with Crippen molar-refractivity contribution < 1.29 is 9.31 Å². The number of nitrogens with zero attached hydrogens (tertiary/aromatic N) is 3. The molecule has 0 aliphatic carbocycles. The SMILES string of the molecule is NNc1ncnc(Nc2c(Cl)cc(F)cc2Cl)c1[N+](=O)[O-]. The number of aromatic nitrogens is 2. The number of hydrazine groups is 1. The molecule has 1 aromatic heterocycles. The van der Waals surface area contributed by atoms with Gasteiger partial charge in [-0.25, -0.2) is 20.2 Å². The summed E-state index contributed by atoms with van der Waals surface area (Å²) in [5, 5.41) is 13.5. The van der Waals surface area contributed by atoms with E-state index in [1.54, 1.807) is 0 Å². The summed E-state index contributed by atoms with van der Waals surface area (Å²) in [5.74, 6) is 4.12. The van der Waals surface area contributed by atoms with E-state index in [0.717, 1.165) is 18.5 Å². The second kappa shape index (κ2) is 6.04. The maximum atomic E-state index is 13.1. The van der Waals surface area contributed by atoms with Crippen molar-refractivity contribution in [2.45, 2.75) is 0 Å². The fraction of sp³-hybridized carbons (Fsp3) is 0. The summed E-state index contributed by atoms with van der Waals surface area (Å²) in [6.45, 7) is 0. The molecular formula is C10H7Cl2FN6O2. The molecule has 1 aromatic carbocycles. The Morgan fingerprint density at radius 1 is 1.24 bits per heavy atom. The molecule has 0 unspecified atom stereocenters. The van der Waals surface area contributed by atoms with Gasteiger partial charge in [-0.2, -0.15) is 0 Å². The Hall–Kier alpha value is -2.23. The lowest BCUT2D eigenvalue weighted by Crippen LogP contribution is -2.13. The van der Waals surface area contributed by atoms with E-state index in [1.165, 1.54) is 0 Å². The minimum Gasteiger partial charge on any atom is -0.332 e. The summed E-state index contributed by atoms with van der Waals surface area (Å²) in [6, 6.07) is 2.01. The molecule has 0 bridgehead atoms. The third-order valence-electron chi connectivity index (χ3n) is 2.39. The van der Waals surface area contributed by atoms with Crippen LogP contribution in [0.3, 0.4) is 0 Å². The highest BCUT2D eigenvalue weighted by Crippen LogP contribution is 2.37. The molecule has 21 heavy (non-hydrogen) atoms. The first-order valence-electron chi connectivity index (χ1n) is 5.31. The number of hydrogen-bond donors (Lipinski definition) is 3. The average molecular weight is 333 g/mol. The molecule has 2 rings (SSSR count). The van der Waals surface area contributed by atoms with Crippen molar-refractivity contribution in [3.8, 4) is 0 Å². The number of hydrogen-bond acceptors (Lipinski definition) is 7. The van der Waals surface area contributed by atoms with Crippen LogP contribution in [0.2, 0.25) is 10.0 Å². The third kappa shape index (κ3) is 3.10. The Morgan fingerprint density at radius 2 is 1.81 bits per heavy atom. The van der Waals surface area contributed by atoms with Crippen molar-refractivity contribution >= 4 is 46.2 Å². The number of anilines is 3. The van der Waals surface area contributed by atoms with Gasteiger partial charge in [-0.05, 0) is 12.1 Å². The highest BCUT2D eigenvalue weighted by Gasteiger charge is 2.23. The van der Waals surface area contributed by atoms with Crippen molar-refractivity contribution in [2.24, 2.45) is 5.84 Å². The number of nitro groups is 1. The van der Waals surface area contributed by atoms with Gasteiger partial charge in [-0.15, -0.1) is 0 Å². The number of nitrogens with one attached hydrogen (secondary N) is 2. The molecule has 2 aromatic rings. The van der Waals surface area contributed by atoms with Gasteiger partial charge in [0.25, 0.3) is 0 Å². The van der Waals surface area contributed by atoms with Crippen LogP contribution in [0.25, 0.3) is 0 Å². The van der Waals surface area contributed by atoms with Crippen molar-refractivity contribution in [1.82, 2.24) is 9.97 Å². The number of nitrogen functional groups attached to an aromatic ring is 1. The Balaban J connectivity index is 2.52. The Labute approximate surface area is 127 Å². The third-order valence-corrected chi connectivity index (χ3v) is 2.99. The number of benzene rings is 1. The molecule has 0 aliphatic rings. The Kier molecular flexibility index (Phi) is 4.36. The van der Waals surface area contributed by atoms with Crippen LogP contribution in [-0.2, 0) is 0 Å². The van der Waals surface area contributed by atoms with Gasteiger partial charge in [-0.3, -0.25) is 10.1 Å². The van der Waals surface area contributed by atoms with Gasteiger partial charge in [0.05, 0.1) is 20.7 Å². The molecule has 0 spiro atoms. The van der Waals surface area contributed by atoms with Crippen molar-refractivity contribution in [3.63, 3.8) is 0 Å². The largest absolute Gasteiger partial charge is 0.354 e. The van der Waals surface area contributed by atoms with Gasteiger partial charge in [0, 0.05) is 0 Å². The van der Waals surface area contributed by atoms with E-state index in [2.05, 4.69) is 20.7 Å². The van der Waals surface area contributed by atoms with E-state index in [-0.39, 0.29) is 27.4 Å². The lowest BCUT2D eigenvalue weighted by molar-refractivity contribution is -0.383. The van der Waals surface area contributed by atoms with Gasteiger partial charge in [-0.1, -0.05) is 23.2 Å². The van der Waals surface area contributed by atoms with Gasteiger partial charge in [0.2, 0.25) is 11.6 Å². The fourth-order valence-electron chi connectivity index (χ4n) is 1.53. The van der Waals surface area contributed by atoms with Crippen LogP contribution in [0.1, 0.15) is 0 Å². The van der Waals surface area contributed by atoms with Crippen LogP contribution in [-0.4, -0.2) is 14.9 Å². The summed E-state index contributed by atoms with van der Waals surface area (Å²) in [5.41, 5.74) is 1.65. The first-order chi connectivity index (χ1) is 9.93. The molecule has 1 heterocycles. The molecule has 0 atom stereocenters. The molecule has 11 heteroatoms. The smallest absolute Gasteiger partial charge is 0.332 e. The minimum atomic E-state index is -0.733. The molecule has 4 N–H and O–H groups in total. The second-order valence-corrected chi connectivity index (χ2v) is 4.50. The standard InChI is InChI=1S/C10H7Cl2FN6O2/c11-5-1-4(13)2-6(12)7(5)17-9-8(19(20)21)10(18-14)16-3-15-9/h1-3H,14H2,(H2,15,16,17,18). The Morgan fingerprint density at radius 3 is 2.33 bits per heavy atom. The second-order valence-electron chi connectivity index (χ2n) is 3.69. The average Bonchev–Trinajstić information content (AvgIpc) is 2.42. The van der Waals surface area contributed by atoms with Gasteiger partial charge in [0.15, 0.2) is 0 Å². The molecule has 0 fully saturated rings. The van der Waals surface area contributed by atoms with E-state index >= 15 is 0 Å². The number of rotatable bonds is 4. The Bertz CT molecular complexity index is 691. The fourth-order valence-corrected chi connectivity index (χ4v) is 2.08. The first-order valence-corrected chi connectivity index (χ1v) is 6.07. The molecular weight excluding hydrogens is 326 g/mol. The number of nitrogens with two attached hydrogens (primary N) is 1. The lowest BCUT2D eigenvalue weighted by atomic mass is 10.3. The predicted octanol–water partition coefficient (Wildman–Crippen LogP) is 2.86. The maximum Gasteiger partial charge on any atom is 0.354 e. The summed E-state index contributed by atoms with van der Waals surface area (Å²) >= 11 is 11.7. The zero-order valence-electron chi connectivity index (χ0n) is 10.1. The van der Waals surface area contributed by atoms with Crippen LogP contribution in [0.15, 0.2) is 18.5 Å². The van der Waals surface area contributed by atoms with E-state index in [1.807, 2.05) is 0 Å². The summed E-state index contributed by atoms with van der Waals surface area (Å²) in [6.07, 6.45) is 1.05. The molecule has 0 aliphatic heterocycles. The predicted molar refractivity (Wildman–Crippen MR) is 76.2 cm³/mol. The van der Waals surface area contributed by atoms with Gasteiger partial charge >= 0.3 is 5.69 Å². The highest BCUT2D eigenvalue weighted by atomic mass is 35.5. The van der Waals surface area contributed by atoms with E-state index in [4.69, 9.17) is 29.0 Å². The van der Waals surface area contributed by atoms with Crippen LogP contribution in [0.4, 0.5) is 27.4 Å². The van der Waals surface area contributed by atoms with Gasteiger partial charge in [0.1, 0.15) is 12.1 Å². The quantitative estimate of drug-likeness (QED) is 0.447. The van der Waals surface area contributed by atoms with Crippen molar-refractivity contribution in [2.75, 3.05) is 10.7 Å². The molecule has 0 radical (unpaired) electrons. The first kappa shape index (κ1) is 15.2. The molecule has 0 amide bonds. The minimum absolute atomic E-state index is 0.0600. The summed E-state index contributed by atoms with van der Waals surface area (Å²) < 4.78 is 13.1. The van der Waals surface area contributed by atoms with Gasteiger partial charge < -0.3 is 10.7 Å². The van der Waals surface area contributed by atoms with E-state index in [0.29, 0.717) is 0 Å². The highest BCUT2D eigenvalue weighted by molar-refractivity contribution is 6.39. The zero-order valence-corrected chi connectivity index (χ0v) is 11.6. The number of halogens is 3. The van der Waals surface area contributed by atoms with E-state index < -0.39 is 16.4 Å². The normalized spacial score (nSPS) is 10.3. The van der Waals surface area contributed by atoms with Crippen LogP contribution in [0, 0.1) is 15.9 Å². The van der Waals surface area contributed by atoms with Crippen LogP contribution < -0.4 is 16.6 Å². The monoisotopic (exact) mass is 332 g/mol. The molecule has 0 saturated heterocycles. The lowest BCUT2D eigenvalue weighted by Gasteiger charge is -2.11. The molecule has 0 saturated carbocycles. The topological polar surface area (TPSA) is 119 Å². The molecule has 8 nitrogen and oxygen atoms in total. The summed E-state index contributed by atoms with van der Waals surface area (Å²) in [4.78, 5) is 17.7. The van der Waals surface area contributed by atoms with Crippen molar-refractivity contribution in [3.05, 3.63) is 44.4 Å². The van der Waals surface area contributed by atoms with Crippen LogP contribution >= 0.6 is 23.2 Å². The maximum absolute atomic E-state index is 13.1. The molecule has 110 valence electrons. The zero-order chi connectivity index (χ0) is 15.6. The van der Waals surface area contributed by atoms with Crippen molar-refractivity contribution in [1.29, 1.82) is 0 Å².